The summed E-state index contributed by atoms with van der Waals surface area (Å²) in [4.78, 5) is 25.3. The first-order chi connectivity index (χ1) is 17.2. The fourth-order valence-corrected chi connectivity index (χ4v) is 3.60. The molecule has 1 aromatic heterocycles. The zero-order valence-corrected chi connectivity index (χ0v) is 18.1. The van der Waals surface area contributed by atoms with E-state index in [9.17, 15) is 27.2 Å². The van der Waals surface area contributed by atoms with Gasteiger partial charge in [0, 0.05) is 6.07 Å². The second-order valence-corrected chi connectivity index (χ2v) is 7.75. The Morgan fingerprint density at radius 2 is 1.50 bits per heavy atom. The molecule has 1 heterocycles. The molecule has 0 bridgehead atoms. The van der Waals surface area contributed by atoms with E-state index in [4.69, 9.17) is 13.9 Å². The lowest BCUT2D eigenvalue weighted by atomic mass is 10.1. The minimum absolute atomic E-state index is 0.0214. The van der Waals surface area contributed by atoms with Gasteiger partial charge in [-0.05, 0) is 59.3 Å². The Morgan fingerprint density at radius 1 is 0.806 bits per heavy atom. The molecule has 0 aliphatic rings. The van der Waals surface area contributed by atoms with Crippen molar-refractivity contribution in [2.75, 3.05) is 0 Å². The van der Waals surface area contributed by atoms with Crippen LogP contribution in [0.15, 0.2) is 94.1 Å². The van der Waals surface area contributed by atoms with Gasteiger partial charge in [-0.1, -0.05) is 30.3 Å². The predicted molar refractivity (Wildman–Crippen MR) is 123 cm³/mol. The van der Waals surface area contributed by atoms with Gasteiger partial charge in [-0.25, -0.2) is 9.18 Å². The minimum atomic E-state index is -5.06. The molecule has 0 unspecified atom stereocenters. The number of ether oxygens (including phenoxy) is 2. The molecule has 9 heteroatoms. The van der Waals surface area contributed by atoms with Gasteiger partial charge in [-0.3, -0.25) is 4.79 Å². The number of hydrogen-bond acceptors (Lipinski definition) is 5. The lowest BCUT2D eigenvalue weighted by molar-refractivity contribution is -0.154. The van der Waals surface area contributed by atoms with E-state index in [0.717, 1.165) is 23.6 Å². The summed E-state index contributed by atoms with van der Waals surface area (Å²) in [5, 5.41) is 1.34. The summed E-state index contributed by atoms with van der Waals surface area (Å²) < 4.78 is 70.2. The zero-order chi connectivity index (χ0) is 25.4. The van der Waals surface area contributed by atoms with Gasteiger partial charge in [-0.2, -0.15) is 13.2 Å². The number of halogens is 4. The van der Waals surface area contributed by atoms with Crippen molar-refractivity contribution in [1.29, 1.82) is 0 Å². The van der Waals surface area contributed by atoms with E-state index >= 15 is 0 Å². The Balaban J connectivity index is 1.54. The number of fused-ring (bicyclic) bond motifs is 2. The first kappa shape index (κ1) is 23.1. The molecule has 0 aliphatic carbocycles. The summed E-state index contributed by atoms with van der Waals surface area (Å²) in [6.45, 7) is 0. The van der Waals surface area contributed by atoms with E-state index in [1.807, 2.05) is 12.1 Å². The Bertz CT molecular complexity index is 1670. The summed E-state index contributed by atoms with van der Waals surface area (Å²) in [5.41, 5.74) is -1.48. The van der Waals surface area contributed by atoms with E-state index in [1.165, 1.54) is 36.4 Å². The maximum absolute atomic E-state index is 13.8. The minimum Gasteiger partial charge on any atom is -0.449 e. The van der Waals surface area contributed by atoms with E-state index in [-0.39, 0.29) is 22.4 Å². The van der Waals surface area contributed by atoms with Crippen LogP contribution in [-0.2, 0) is 6.18 Å². The van der Waals surface area contributed by atoms with Crippen LogP contribution < -0.4 is 14.9 Å². The van der Waals surface area contributed by atoms with Crippen molar-refractivity contribution in [2.24, 2.45) is 0 Å². The lowest BCUT2D eigenvalue weighted by Gasteiger charge is -2.14. The third-order valence-electron chi connectivity index (χ3n) is 5.31. The van der Waals surface area contributed by atoms with E-state index in [0.29, 0.717) is 5.39 Å². The quantitative estimate of drug-likeness (QED) is 0.151. The van der Waals surface area contributed by atoms with Crippen LogP contribution in [0.3, 0.4) is 0 Å². The molecule has 0 spiro atoms. The fraction of sp³-hybridized carbons (Fsp3) is 0.0370. The number of carbonyl (C=O) groups is 1. The molecule has 5 aromatic rings. The van der Waals surface area contributed by atoms with E-state index in [2.05, 4.69) is 0 Å². The normalized spacial score (nSPS) is 11.6. The van der Waals surface area contributed by atoms with Crippen LogP contribution in [0.1, 0.15) is 16.1 Å². The highest BCUT2D eigenvalue weighted by atomic mass is 19.4. The van der Waals surface area contributed by atoms with Crippen molar-refractivity contribution >= 4 is 27.7 Å². The van der Waals surface area contributed by atoms with E-state index < -0.39 is 40.5 Å². The lowest BCUT2D eigenvalue weighted by Crippen LogP contribution is -2.15. The third-order valence-corrected chi connectivity index (χ3v) is 5.31. The summed E-state index contributed by atoms with van der Waals surface area (Å²) in [7, 11) is 0. The van der Waals surface area contributed by atoms with Gasteiger partial charge in [-0.15, -0.1) is 0 Å². The number of rotatable bonds is 4. The third kappa shape index (κ3) is 4.50. The molecule has 0 aliphatic heterocycles. The predicted octanol–water partition coefficient (Wildman–Crippen LogP) is 7.12. The summed E-state index contributed by atoms with van der Waals surface area (Å²) in [6.07, 6.45) is -5.06. The summed E-state index contributed by atoms with van der Waals surface area (Å²) in [5.74, 6) is -4.21. The maximum Gasteiger partial charge on any atom is 0.453 e. The van der Waals surface area contributed by atoms with Crippen molar-refractivity contribution in [1.82, 2.24) is 0 Å². The number of esters is 1. The van der Waals surface area contributed by atoms with Gasteiger partial charge < -0.3 is 13.9 Å². The Hall–Kier alpha value is -4.66. The van der Waals surface area contributed by atoms with Crippen LogP contribution in [0, 0.1) is 5.82 Å². The van der Waals surface area contributed by atoms with Crippen molar-refractivity contribution in [3.05, 3.63) is 112 Å². The van der Waals surface area contributed by atoms with Gasteiger partial charge >= 0.3 is 12.1 Å². The molecule has 0 N–H and O–H groups in total. The van der Waals surface area contributed by atoms with Crippen LogP contribution in [-0.4, -0.2) is 5.97 Å². The number of alkyl halides is 3. The largest absolute Gasteiger partial charge is 0.453 e. The van der Waals surface area contributed by atoms with Crippen LogP contribution in [0.4, 0.5) is 17.6 Å². The second-order valence-electron chi connectivity index (χ2n) is 7.75. The second kappa shape index (κ2) is 8.84. The van der Waals surface area contributed by atoms with Crippen molar-refractivity contribution in [3.8, 4) is 17.2 Å². The molecule has 0 saturated heterocycles. The molecule has 4 aromatic carbocycles. The van der Waals surface area contributed by atoms with Gasteiger partial charge in [0.25, 0.3) is 5.76 Å². The first-order valence-corrected chi connectivity index (χ1v) is 10.5. The Labute approximate surface area is 200 Å². The van der Waals surface area contributed by atoms with Crippen molar-refractivity contribution in [2.45, 2.75) is 6.18 Å². The average molecular weight is 494 g/mol. The molecular weight excluding hydrogens is 480 g/mol. The number of carbonyl (C=O) groups excluding carboxylic acids is 1. The van der Waals surface area contributed by atoms with Crippen molar-refractivity contribution < 1.29 is 36.2 Å². The highest BCUT2D eigenvalue weighted by molar-refractivity contribution is 5.91. The first-order valence-electron chi connectivity index (χ1n) is 10.5. The molecule has 0 radical (unpaired) electrons. The van der Waals surface area contributed by atoms with Gasteiger partial charge in [0.15, 0.2) is 0 Å². The van der Waals surface area contributed by atoms with E-state index in [1.54, 1.807) is 18.2 Å². The molecule has 36 heavy (non-hydrogen) atoms. The molecule has 0 amide bonds. The fourth-order valence-electron chi connectivity index (χ4n) is 3.60. The van der Waals surface area contributed by atoms with Gasteiger partial charge in [0.05, 0.1) is 10.9 Å². The number of hydrogen-bond donors (Lipinski definition) is 0. The van der Waals surface area contributed by atoms with Gasteiger partial charge in [0.1, 0.15) is 22.9 Å². The summed E-state index contributed by atoms with van der Waals surface area (Å²) >= 11 is 0. The molecule has 0 saturated carbocycles. The molecule has 0 atom stereocenters. The molecular formula is C27H14F4O5. The van der Waals surface area contributed by atoms with Crippen molar-refractivity contribution in [3.63, 3.8) is 0 Å². The SMILES string of the molecule is O=C(Oc1ccc2c(=O)c(Oc3ccc4ccccc4c3)c(C(F)(F)F)oc2c1)c1ccc(F)cc1. The topological polar surface area (TPSA) is 65.7 Å². The molecule has 0 fully saturated rings. The smallest absolute Gasteiger partial charge is 0.449 e. The molecule has 5 nitrogen and oxygen atoms in total. The number of benzene rings is 4. The monoisotopic (exact) mass is 494 g/mol. The highest BCUT2D eigenvalue weighted by Gasteiger charge is 2.40. The summed E-state index contributed by atoms with van der Waals surface area (Å²) in [6, 6.07) is 19.7. The zero-order valence-electron chi connectivity index (χ0n) is 18.1. The standard InChI is InChI=1S/C27H14F4O5/c28-18-8-5-16(6-9-18)26(33)35-20-11-12-21-22(14-20)36-25(27(29,30)31)24(23(21)32)34-19-10-7-15-3-1-2-4-17(15)13-19/h1-14H. The average Bonchev–Trinajstić information content (AvgIpc) is 2.85. The molecule has 180 valence electrons. The maximum atomic E-state index is 13.8. The van der Waals surface area contributed by atoms with Gasteiger partial charge in [0.2, 0.25) is 11.2 Å². The van der Waals surface area contributed by atoms with Crippen LogP contribution in [0.25, 0.3) is 21.7 Å². The Morgan fingerprint density at radius 3 is 2.22 bits per heavy atom. The highest BCUT2D eigenvalue weighted by Crippen LogP contribution is 2.39. The Kier molecular flexibility index (Phi) is 5.68. The van der Waals surface area contributed by atoms with Crippen LogP contribution in [0.5, 0.6) is 17.2 Å². The van der Waals surface area contributed by atoms with Crippen LogP contribution >= 0.6 is 0 Å². The molecule has 5 rings (SSSR count). The van der Waals surface area contributed by atoms with Crippen LogP contribution in [0.2, 0.25) is 0 Å².